The smallest absolute Gasteiger partial charge is 0.261 e. The molecule has 5 atom stereocenters. The standard InChI is InChI=1S/C38H61IO2Si2/c1-29(23-24-35(41-42(11,12)36(3,4)5)34-28-38(9,10)27-31(34)25-26-39)30(2)40-43(37(6,7)8,32-19-15-13-16-20-32)33-21-17-14-18-22-33/h13-24,29-31,34-35H,25-28H2,1-12H3/t29-,30+,31-,34+,35?/m1/s1. The Balaban J connectivity index is 1.99. The number of hydrogen-bond acceptors (Lipinski definition) is 2. The number of halogens is 1. The zero-order valence-corrected chi connectivity index (χ0v) is 33.5. The SMILES string of the molecule is C[C@H](C=CC(O[Si](C)(C)C(C)(C)C)[C@H]1CC(C)(C)C[C@H]1CCI)[C@H](C)O[Si](c1ccccc1)(c1ccccc1)C(C)(C)C. The highest BCUT2D eigenvalue weighted by Crippen LogP contribution is 2.50. The minimum absolute atomic E-state index is 0.0382. The molecule has 0 N–H and O–H groups in total. The van der Waals surface area contributed by atoms with E-state index in [1.165, 1.54) is 34.1 Å². The molecular formula is C38H61IO2Si2. The van der Waals surface area contributed by atoms with Crippen LogP contribution in [0.2, 0.25) is 23.2 Å². The van der Waals surface area contributed by atoms with E-state index in [1.807, 2.05) is 0 Å². The van der Waals surface area contributed by atoms with Crippen LogP contribution in [0.1, 0.15) is 88.5 Å². The lowest BCUT2D eigenvalue weighted by Gasteiger charge is -2.45. The van der Waals surface area contributed by atoms with E-state index in [1.54, 1.807) is 0 Å². The van der Waals surface area contributed by atoms with Crippen molar-refractivity contribution in [1.29, 1.82) is 0 Å². The molecule has 2 nitrogen and oxygen atoms in total. The molecule has 1 fully saturated rings. The molecule has 0 heterocycles. The Hall–Kier alpha value is -0.736. The molecule has 240 valence electrons. The average Bonchev–Trinajstić information content (AvgIpc) is 3.22. The predicted molar refractivity (Wildman–Crippen MR) is 202 cm³/mol. The van der Waals surface area contributed by atoms with Gasteiger partial charge in [-0.25, -0.2) is 0 Å². The van der Waals surface area contributed by atoms with E-state index in [9.17, 15) is 0 Å². The summed E-state index contributed by atoms with van der Waals surface area (Å²) >= 11 is 2.57. The van der Waals surface area contributed by atoms with E-state index in [2.05, 4.69) is 178 Å². The highest BCUT2D eigenvalue weighted by Gasteiger charge is 2.51. The maximum absolute atomic E-state index is 7.50. The van der Waals surface area contributed by atoms with E-state index in [0.717, 1.165) is 0 Å². The fourth-order valence-corrected chi connectivity index (χ4v) is 13.8. The van der Waals surface area contributed by atoms with Crippen molar-refractivity contribution in [2.45, 2.75) is 124 Å². The fraction of sp³-hybridized carbons (Fsp3) is 0.632. The summed E-state index contributed by atoms with van der Waals surface area (Å²) in [5.74, 6) is 1.53. The number of benzene rings is 2. The molecule has 0 aliphatic heterocycles. The van der Waals surface area contributed by atoms with Gasteiger partial charge in [0, 0.05) is 6.10 Å². The van der Waals surface area contributed by atoms with Crippen molar-refractivity contribution in [3.8, 4) is 0 Å². The van der Waals surface area contributed by atoms with Gasteiger partial charge in [-0.15, -0.1) is 0 Å². The molecule has 1 aliphatic carbocycles. The second kappa shape index (κ2) is 14.4. The molecule has 0 spiro atoms. The van der Waals surface area contributed by atoms with Gasteiger partial charge in [-0.1, -0.05) is 158 Å². The zero-order valence-electron chi connectivity index (χ0n) is 29.3. The first-order valence-electron chi connectivity index (χ1n) is 16.6. The molecule has 1 aliphatic rings. The average molecular weight is 733 g/mol. The maximum atomic E-state index is 7.50. The maximum Gasteiger partial charge on any atom is 0.261 e. The van der Waals surface area contributed by atoms with Crippen LogP contribution in [0.25, 0.3) is 0 Å². The van der Waals surface area contributed by atoms with Crippen molar-refractivity contribution >= 4 is 49.6 Å². The molecule has 0 aromatic heterocycles. The summed E-state index contributed by atoms with van der Waals surface area (Å²) < 4.78 is 16.0. The lowest BCUT2D eigenvalue weighted by molar-refractivity contribution is 0.128. The van der Waals surface area contributed by atoms with E-state index in [4.69, 9.17) is 8.85 Å². The molecule has 43 heavy (non-hydrogen) atoms. The molecule has 1 unspecified atom stereocenters. The Morgan fingerprint density at radius 3 is 1.77 bits per heavy atom. The minimum atomic E-state index is -2.62. The van der Waals surface area contributed by atoms with Crippen LogP contribution < -0.4 is 10.4 Å². The molecule has 0 saturated heterocycles. The van der Waals surface area contributed by atoms with Crippen LogP contribution in [0, 0.1) is 23.2 Å². The first-order valence-corrected chi connectivity index (χ1v) is 22.9. The summed E-state index contributed by atoms with van der Waals surface area (Å²) in [6, 6.07) is 22.1. The lowest BCUT2D eigenvalue weighted by Crippen LogP contribution is -2.67. The molecule has 2 aromatic rings. The van der Waals surface area contributed by atoms with Crippen molar-refractivity contribution in [2.24, 2.45) is 23.2 Å². The van der Waals surface area contributed by atoms with Gasteiger partial charge in [0.05, 0.1) is 6.10 Å². The van der Waals surface area contributed by atoms with Crippen molar-refractivity contribution in [1.82, 2.24) is 0 Å². The first kappa shape index (κ1) is 36.7. The van der Waals surface area contributed by atoms with E-state index in [0.29, 0.717) is 17.3 Å². The van der Waals surface area contributed by atoms with Gasteiger partial charge in [-0.05, 0) is 87.3 Å². The van der Waals surface area contributed by atoms with Gasteiger partial charge in [0.25, 0.3) is 8.32 Å². The zero-order chi connectivity index (χ0) is 32.3. The van der Waals surface area contributed by atoms with Crippen LogP contribution in [0.15, 0.2) is 72.8 Å². The summed E-state index contributed by atoms with van der Waals surface area (Å²) in [6.45, 7) is 28.6. The van der Waals surface area contributed by atoms with Crippen LogP contribution in [0.3, 0.4) is 0 Å². The van der Waals surface area contributed by atoms with E-state index < -0.39 is 16.6 Å². The molecule has 0 radical (unpaired) electrons. The molecule has 0 bridgehead atoms. The number of alkyl halides is 1. The highest BCUT2D eigenvalue weighted by molar-refractivity contribution is 14.1. The Labute approximate surface area is 281 Å². The van der Waals surface area contributed by atoms with Gasteiger partial charge < -0.3 is 8.85 Å². The predicted octanol–water partition coefficient (Wildman–Crippen LogP) is 10.4. The quantitative estimate of drug-likeness (QED) is 0.0936. The first-order chi connectivity index (χ1) is 19.8. The summed E-state index contributed by atoms with van der Waals surface area (Å²) in [6.07, 6.45) is 8.92. The monoisotopic (exact) mass is 732 g/mol. The second-order valence-corrected chi connectivity index (χ2v) is 26.6. The Morgan fingerprint density at radius 1 is 0.814 bits per heavy atom. The van der Waals surface area contributed by atoms with Gasteiger partial charge in [0.1, 0.15) is 0 Å². The Morgan fingerprint density at radius 2 is 1.33 bits per heavy atom. The molecule has 5 heteroatoms. The lowest BCUT2D eigenvalue weighted by atomic mass is 9.87. The van der Waals surface area contributed by atoms with Gasteiger partial charge in [0.15, 0.2) is 8.32 Å². The summed E-state index contributed by atoms with van der Waals surface area (Å²) in [4.78, 5) is 0. The highest BCUT2D eigenvalue weighted by atomic mass is 127. The molecular weight excluding hydrogens is 671 g/mol. The minimum Gasteiger partial charge on any atom is -0.410 e. The Bertz CT molecular complexity index is 1120. The van der Waals surface area contributed by atoms with Crippen LogP contribution in [-0.4, -0.2) is 33.3 Å². The van der Waals surface area contributed by atoms with Crippen molar-refractivity contribution < 1.29 is 8.85 Å². The van der Waals surface area contributed by atoms with Gasteiger partial charge in [-0.2, -0.15) is 0 Å². The third-order valence-electron chi connectivity index (χ3n) is 10.5. The topological polar surface area (TPSA) is 18.5 Å². The molecule has 3 rings (SSSR count). The normalized spacial score (nSPS) is 22.1. The number of hydrogen-bond donors (Lipinski definition) is 0. The third-order valence-corrected chi connectivity index (χ3v) is 20.7. The Kier molecular flexibility index (Phi) is 12.3. The van der Waals surface area contributed by atoms with Crippen molar-refractivity contribution in [3.63, 3.8) is 0 Å². The van der Waals surface area contributed by atoms with Crippen LogP contribution >= 0.6 is 22.6 Å². The fourth-order valence-electron chi connectivity index (χ4n) is 6.89. The number of rotatable bonds is 12. The van der Waals surface area contributed by atoms with Crippen LogP contribution in [-0.2, 0) is 8.85 Å². The van der Waals surface area contributed by atoms with Gasteiger partial charge in [0.2, 0.25) is 0 Å². The van der Waals surface area contributed by atoms with E-state index in [-0.39, 0.29) is 28.2 Å². The summed E-state index contributed by atoms with van der Waals surface area (Å²) in [5.41, 5.74) is 0.370. The summed E-state index contributed by atoms with van der Waals surface area (Å²) in [7, 11) is -4.58. The largest absolute Gasteiger partial charge is 0.410 e. The van der Waals surface area contributed by atoms with E-state index >= 15 is 0 Å². The van der Waals surface area contributed by atoms with Gasteiger partial charge >= 0.3 is 0 Å². The molecule has 1 saturated carbocycles. The van der Waals surface area contributed by atoms with Crippen LogP contribution in [0.4, 0.5) is 0 Å². The molecule has 2 aromatic carbocycles. The second-order valence-electron chi connectivity index (χ2n) is 16.5. The molecule has 0 amide bonds. The van der Waals surface area contributed by atoms with Gasteiger partial charge in [-0.3, -0.25) is 0 Å². The van der Waals surface area contributed by atoms with Crippen LogP contribution in [0.5, 0.6) is 0 Å². The summed E-state index contributed by atoms with van der Waals surface area (Å²) in [5, 5.41) is 2.82. The van der Waals surface area contributed by atoms with Crippen molar-refractivity contribution in [3.05, 3.63) is 72.8 Å². The third kappa shape index (κ3) is 8.75. The van der Waals surface area contributed by atoms with Crippen molar-refractivity contribution in [2.75, 3.05) is 4.43 Å².